The number of Topliss-reactive ketones (excluding diaryl/α,β-unsaturated/α-hetero) is 1. The van der Waals surface area contributed by atoms with Gasteiger partial charge in [0.25, 0.3) is 5.78 Å². The minimum absolute atomic E-state index is 0.0735. The van der Waals surface area contributed by atoms with E-state index in [1.165, 1.54) is 34.7 Å². The van der Waals surface area contributed by atoms with E-state index in [9.17, 15) is 19.1 Å². The van der Waals surface area contributed by atoms with E-state index in [1.807, 2.05) is 19.1 Å². The lowest BCUT2D eigenvalue weighted by Crippen LogP contribution is -2.29. The van der Waals surface area contributed by atoms with Crippen LogP contribution in [0, 0.1) is 12.7 Å². The molecule has 140 valence electrons. The van der Waals surface area contributed by atoms with Crippen molar-refractivity contribution in [2.24, 2.45) is 0 Å². The Bertz CT molecular complexity index is 1080. The van der Waals surface area contributed by atoms with Crippen molar-refractivity contribution in [1.82, 2.24) is 10.2 Å². The number of carbonyl (C=O) groups excluding carboxylic acids is 2. The van der Waals surface area contributed by atoms with Crippen LogP contribution in [0.25, 0.3) is 5.76 Å². The van der Waals surface area contributed by atoms with Crippen LogP contribution in [0.1, 0.15) is 22.7 Å². The van der Waals surface area contributed by atoms with Crippen LogP contribution in [-0.4, -0.2) is 27.0 Å². The van der Waals surface area contributed by atoms with E-state index in [0.29, 0.717) is 5.56 Å². The van der Waals surface area contributed by atoms with Gasteiger partial charge in [0.2, 0.25) is 5.13 Å². The fourth-order valence-corrected chi connectivity index (χ4v) is 3.71. The summed E-state index contributed by atoms with van der Waals surface area (Å²) in [6.45, 7) is 1.92. The lowest BCUT2D eigenvalue weighted by atomic mass is 9.95. The highest BCUT2D eigenvalue weighted by molar-refractivity contribution is 7.13. The molecule has 8 heteroatoms. The molecule has 0 saturated carbocycles. The number of ketones is 1. The van der Waals surface area contributed by atoms with Gasteiger partial charge in [-0.25, -0.2) is 4.39 Å². The van der Waals surface area contributed by atoms with Crippen LogP contribution in [-0.2, 0) is 9.59 Å². The zero-order valence-corrected chi connectivity index (χ0v) is 15.5. The summed E-state index contributed by atoms with van der Waals surface area (Å²) in [5.41, 5.74) is 3.28. The van der Waals surface area contributed by atoms with Crippen LogP contribution in [0.4, 0.5) is 9.52 Å². The highest BCUT2D eigenvalue weighted by atomic mass is 32.1. The lowest BCUT2D eigenvalue weighted by Gasteiger charge is -2.22. The number of nitrogens with zero attached hydrogens (tertiary/aromatic N) is 3. The second kappa shape index (κ2) is 6.97. The number of aryl methyl sites for hydroxylation is 1. The van der Waals surface area contributed by atoms with Gasteiger partial charge in [0.15, 0.2) is 0 Å². The molecule has 1 aromatic heterocycles. The topological polar surface area (TPSA) is 83.4 Å². The number of carbonyl (C=O) groups is 2. The summed E-state index contributed by atoms with van der Waals surface area (Å²) >= 11 is 1.12. The average Bonchev–Trinajstić information content (AvgIpc) is 3.30. The van der Waals surface area contributed by atoms with Crippen molar-refractivity contribution < 1.29 is 19.1 Å². The molecular weight excluding hydrogens is 381 g/mol. The van der Waals surface area contributed by atoms with Crippen LogP contribution >= 0.6 is 11.3 Å². The number of amides is 1. The number of hydrogen-bond acceptors (Lipinski definition) is 6. The van der Waals surface area contributed by atoms with Gasteiger partial charge in [-0.05, 0) is 36.8 Å². The minimum Gasteiger partial charge on any atom is -0.507 e. The summed E-state index contributed by atoms with van der Waals surface area (Å²) in [5, 5.41) is 18.8. The van der Waals surface area contributed by atoms with E-state index in [2.05, 4.69) is 10.2 Å². The highest BCUT2D eigenvalue weighted by Gasteiger charge is 2.48. The molecule has 1 aliphatic rings. The molecule has 4 rings (SSSR count). The van der Waals surface area contributed by atoms with Crippen molar-refractivity contribution in [3.63, 3.8) is 0 Å². The van der Waals surface area contributed by atoms with Crippen molar-refractivity contribution >= 4 is 33.9 Å². The standard InChI is InChI=1S/C20H14FN3O3S/c1-11-2-4-12(5-3-11)16-15(17(25)13-6-8-14(21)9-7-13)18(26)19(27)24(16)20-23-22-10-28-20/h2-10,16,25H,1H3/b17-15-. The Kier molecular flexibility index (Phi) is 4.48. The van der Waals surface area contributed by atoms with Gasteiger partial charge < -0.3 is 5.11 Å². The Morgan fingerprint density at radius 2 is 1.79 bits per heavy atom. The molecule has 0 bridgehead atoms. The van der Waals surface area contributed by atoms with Crippen molar-refractivity contribution in [3.8, 4) is 0 Å². The van der Waals surface area contributed by atoms with Crippen molar-refractivity contribution in [1.29, 1.82) is 0 Å². The summed E-state index contributed by atoms with van der Waals surface area (Å²) in [6.07, 6.45) is 0. The van der Waals surface area contributed by atoms with E-state index in [4.69, 9.17) is 0 Å². The third-order valence-corrected chi connectivity index (χ3v) is 5.20. The van der Waals surface area contributed by atoms with E-state index < -0.39 is 23.5 Å². The van der Waals surface area contributed by atoms with Gasteiger partial charge in [0.05, 0.1) is 11.6 Å². The number of aliphatic hydroxyl groups excluding tert-OH is 1. The van der Waals surface area contributed by atoms with Gasteiger partial charge in [-0.1, -0.05) is 41.2 Å². The van der Waals surface area contributed by atoms with Crippen LogP contribution < -0.4 is 4.90 Å². The first-order valence-corrected chi connectivity index (χ1v) is 9.25. The number of hydrogen-bond donors (Lipinski definition) is 1. The summed E-state index contributed by atoms with van der Waals surface area (Å²) in [4.78, 5) is 26.8. The summed E-state index contributed by atoms with van der Waals surface area (Å²) in [6, 6.07) is 11.5. The predicted octanol–water partition coefficient (Wildman–Crippen LogP) is 3.61. The molecule has 1 N–H and O–H groups in total. The number of benzene rings is 2. The van der Waals surface area contributed by atoms with E-state index in [0.717, 1.165) is 16.9 Å². The zero-order valence-electron chi connectivity index (χ0n) is 14.7. The van der Waals surface area contributed by atoms with Crippen molar-refractivity contribution in [2.45, 2.75) is 13.0 Å². The molecule has 0 radical (unpaired) electrons. The molecule has 1 unspecified atom stereocenters. The van der Waals surface area contributed by atoms with Gasteiger partial charge in [-0.15, -0.1) is 10.2 Å². The third kappa shape index (κ3) is 2.97. The lowest BCUT2D eigenvalue weighted by molar-refractivity contribution is -0.132. The molecule has 28 heavy (non-hydrogen) atoms. The Hall–Kier alpha value is -3.39. The van der Waals surface area contributed by atoms with E-state index in [-0.39, 0.29) is 22.0 Å². The maximum atomic E-state index is 13.3. The molecule has 2 heterocycles. The highest BCUT2D eigenvalue weighted by Crippen LogP contribution is 2.42. The van der Waals surface area contributed by atoms with Gasteiger partial charge in [-0.3, -0.25) is 14.5 Å². The smallest absolute Gasteiger partial charge is 0.301 e. The number of anilines is 1. The summed E-state index contributed by atoms with van der Waals surface area (Å²) in [7, 11) is 0. The normalized spacial score (nSPS) is 18.6. The minimum atomic E-state index is -0.862. The molecule has 1 aliphatic heterocycles. The molecule has 1 amide bonds. The summed E-state index contributed by atoms with van der Waals surface area (Å²) in [5.74, 6) is -2.47. The van der Waals surface area contributed by atoms with Crippen LogP contribution in [0.5, 0.6) is 0 Å². The van der Waals surface area contributed by atoms with Crippen molar-refractivity contribution in [3.05, 3.63) is 82.1 Å². The number of halogens is 1. The second-order valence-corrected chi connectivity index (χ2v) is 7.12. The molecule has 0 spiro atoms. The van der Waals surface area contributed by atoms with Crippen LogP contribution in [0.2, 0.25) is 0 Å². The fraction of sp³-hybridized carbons (Fsp3) is 0.100. The molecule has 6 nitrogen and oxygen atoms in total. The first kappa shape index (κ1) is 18.0. The molecule has 2 aromatic carbocycles. The van der Waals surface area contributed by atoms with Gasteiger partial charge in [0.1, 0.15) is 17.1 Å². The molecule has 0 aliphatic carbocycles. The number of rotatable bonds is 3. The quantitative estimate of drug-likeness (QED) is 0.416. The predicted molar refractivity (Wildman–Crippen MR) is 102 cm³/mol. The Morgan fingerprint density at radius 1 is 1.11 bits per heavy atom. The first-order valence-electron chi connectivity index (χ1n) is 8.37. The van der Waals surface area contributed by atoms with E-state index in [1.54, 1.807) is 12.1 Å². The largest absolute Gasteiger partial charge is 0.507 e. The Balaban J connectivity index is 1.93. The maximum Gasteiger partial charge on any atom is 0.301 e. The third-order valence-electron chi connectivity index (χ3n) is 4.51. The summed E-state index contributed by atoms with van der Waals surface area (Å²) < 4.78 is 13.3. The molecule has 1 atom stereocenters. The van der Waals surface area contributed by atoms with Gasteiger partial charge in [-0.2, -0.15) is 0 Å². The fourth-order valence-electron chi connectivity index (χ4n) is 3.13. The van der Waals surface area contributed by atoms with Crippen molar-refractivity contribution in [2.75, 3.05) is 4.90 Å². The first-order chi connectivity index (χ1) is 13.5. The number of aliphatic hydroxyl groups is 1. The molecule has 3 aromatic rings. The zero-order chi connectivity index (χ0) is 19.8. The monoisotopic (exact) mass is 395 g/mol. The second-order valence-electron chi connectivity index (χ2n) is 6.31. The average molecular weight is 395 g/mol. The maximum absolute atomic E-state index is 13.3. The SMILES string of the molecule is Cc1ccc(C2/C(=C(/O)c3ccc(F)cc3)C(=O)C(=O)N2c2nncs2)cc1. The Labute approximate surface area is 163 Å². The number of aromatic nitrogens is 2. The Morgan fingerprint density at radius 3 is 2.39 bits per heavy atom. The molecule has 1 fully saturated rings. The van der Waals surface area contributed by atoms with E-state index >= 15 is 0 Å². The van der Waals surface area contributed by atoms with Gasteiger partial charge >= 0.3 is 5.91 Å². The molecular formula is C20H14FN3O3S. The van der Waals surface area contributed by atoms with Crippen LogP contribution in [0.3, 0.4) is 0 Å². The van der Waals surface area contributed by atoms with Gasteiger partial charge in [0, 0.05) is 5.56 Å². The van der Waals surface area contributed by atoms with Crippen LogP contribution in [0.15, 0.2) is 59.6 Å². The molecule has 1 saturated heterocycles.